The van der Waals surface area contributed by atoms with E-state index < -0.39 is 23.7 Å². The summed E-state index contributed by atoms with van der Waals surface area (Å²) in [5, 5.41) is 2.76. The molecule has 9 heteroatoms. The Hall–Kier alpha value is -4.14. The molecule has 1 N–H and O–H groups in total. The molecule has 0 unspecified atom stereocenters. The number of hydrogen-bond acceptors (Lipinski definition) is 5. The molecule has 2 heterocycles. The summed E-state index contributed by atoms with van der Waals surface area (Å²) < 4.78 is 9.61. The number of hydrogen-bond donors (Lipinski definition) is 1. The number of benzene rings is 2. The second-order valence-corrected chi connectivity index (χ2v) is 7.58. The maximum Gasteiger partial charge on any atom is 0.332 e. The number of carbonyl (C=O) groups excluding carboxylic acids is 1. The van der Waals surface area contributed by atoms with Crippen LogP contribution < -0.4 is 21.3 Å². The average Bonchev–Trinajstić information content (AvgIpc) is 3.17. The van der Waals surface area contributed by atoms with E-state index in [9.17, 15) is 14.4 Å². The van der Waals surface area contributed by atoms with Crippen molar-refractivity contribution in [3.05, 3.63) is 86.8 Å². The Balaban J connectivity index is 1.58. The van der Waals surface area contributed by atoms with Gasteiger partial charge in [-0.15, -0.1) is 0 Å². The highest BCUT2D eigenvalue weighted by Gasteiger charge is 2.18. The van der Waals surface area contributed by atoms with Gasteiger partial charge in [0.2, 0.25) is 5.91 Å². The lowest BCUT2D eigenvalue weighted by molar-refractivity contribution is -0.116. The number of anilines is 1. The van der Waals surface area contributed by atoms with E-state index in [1.165, 1.54) is 22.5 Å². The van der Waals surface area contributed by atoms with Crippen molar-refractivity contribution in [1.29, 1.82) is 0 Å². The zero-order valence-electron chi connectivity index (χ0n) is 18.0. The number of carbonyl (C=O) groups is 1. The van der Waals surface area contributed by atoms with Gasteiger partial charge in [-0.05, 0) is 30.2 Å². The number of nitrogens with zero attached hydrogens (tertiary/aromatic N) is 4. The normalized spacial score (nSPS) is 11.0. The zero-order valence-corrected chi connectivity index (χ0v) is 18.0. The van der Waals surface area contributed by atoms with Crippen LogP contribution in [0.2, 0.25) is 0 Å². The maximum absolute atomic E-state index is 12.8. The molecule has 0 saturated carbocycles. The number of fused-ring (bicyclic) bond motifs is 1. The van der Waals surface area contributed by atoms with Gasteiger partial charge in [-0.2, -0.15) is 0 Å². The molecule has 0 aliphatic carbocycles. The van der Waals surface area contributed by atoms with Crippen LogP contribution in [0.25, 0.3) is 11.2 Å². The molecule has 2 aromatic heterocycles. The number of amides is 1. The molecule has 0 aliphatic heterocycles. The van der Waals surface area contributed by atoms with Crippen LogP contribution in [0.5, 0.6) is 5.75 Å². The van der Waals surface area contributed by atoms with Gasteiger partial charge in [-0.25, -0.2) is 14.3 Å². The molecule has 2 aromatic carbocycles. The largest absolute Gasteiger partial charge is 0.487 e. The van der Waals surface area contributed by atoms with Crippen molar-refractivity contribution in [1.82, 2.24) is 18.7 Å². The first-order valence-corrected chi connectivity index (χ1v) is 10.0. The Bertz CT molecular complexity index is 1420. The number of ether oxygens (including phenoxy) is 1. The van der Waals surface area contributed by atoms with Gasteiger partial charge >= 0.3 is 5.69 Å². The SMILES string of the molecule is Cc1ccc(NC(=O)Cn2c(=O)c3c(ncn3C)n(C)c2=O)c(OCc2ccccc2)c1. The van der Waals surface area contributed by atoms with E-state index in [1.54, 1.807) is 13.1 Å². The maximum atomic E-state index is 12.8. The van der Waals surface area contributed by atoms with Crippen LogP contribution in [0.4, 0.5) is 5.69 Å². The molecule has 0 fully saturated rings. The fourth-order valence-electron chi connectivity index (χ4n) is 3.46. The van der Waals surface area contributed by atoms with Gasteiger partial charge in [0.05, 0.1) is 12.0 Å². The molecular weight excluding hydrogens is 410 g/mol. The average molecular weight is 433 g/mol. The van der Waals surface area contributed by atoms with Gasteiger partial charge in [0.15, 0.2) is 11.2 Å². The summed E-state index contributed by atoms with van der Waals surface area (Å²) in [5.74, 6) is -0.0105. The summed E-state index contributed by atoms with van der Waals surface area (Å²) in [5.41, 5.74) is 1.77. The van der Waals surface area contributed by atoms with Gasteiger partial charge < -0.3 is 14.6 Å². The minimum absolute atomic E-state index is 0.252. The van der Waals surface area contributed by atoms with Crippen molar-refractivity contribution in [2.24, 2.45) is 14.1 Å². The third-order valence-electron chi connectivity index (χ3n) is 5.15. The molecular formula is C23H23N5O4. The second kappa shape index (κ2) is 8.54. The van der Waals surface area contributed by atoms with Crippen molar-refractivity contribution in [3.63, 3.8) is 0 Å². The third-order valence-corrected chi connectivity index (χ3v) is 5.15. The molecule has 4 aromatic rings. The van der Waals surface area contributed by atoms with Crippen LogP contribution in [0.1, 0.15) is 11.1 Å². The zero-order chi connectivity index (χ0) is 22.8. The molecule has 0 spiro atoms. The van der Waals surface area contributed by atoms with Crippen molar-refractivity contribution in [2.75, 3.05) is 5.32 Å². The third kappa shape index (κ3) is 4.04. The Morgan fingerprint density at radius 1 is 1.09 bits per heavy atom. The Labute approximate surface area is 183 Å². The molecule has 4 rings (SSSR count). The van der Waals surface area contributed by atoms with Crippen LogP contribution in [0.15, 0.2) is 64.4 Å². The molecule has 0 saturated heterocycles. The molecule has 9 nitrogen and oxygen atoms in total. The molecule has 0 bridgehead atoms. The molecule has 1 amide bonds. The smallest absolute Gasteiger partial charge is 0.332 e. The fourth-order valence-corrected chi connectivity index (χ4v) is 3.46. The highest BCUT2D eigenvalue weighted by Crippen LogP contribution is 2.26. The number of aromatic nitrogens is 4. The van der Waals surface area contributed by atoms with Crippen molar-refractivity contribution in [3.8, 4) is 5.75 Å². The molecule has 0 radical (unpaired) electrons. The van der Waals surface area contributed by atoms with Gasteiger partial charge in [0.1, 0.15) is 18.9 Å². The molecule has 0 aliphatic rings. The van der Waals surface area contributed by atoms with Gasteiger partial charge in [-0.3, -0.25) is 14.2 Å². The topological polar surface area (TPSA) is 100 Å². The summed E-state index contributed by atoms with van der Waals surface area (Å²) in [6, 6.07) is 15.1. The predicted octanol–water partition coefficient (Wildman–Crippen LogP) is 1.96. The second-order valence-electron chi connectivity index (χ2n) is 7.58. The predicted molar refractivity (Wildman–Crippen MR) is 121 cm³/mol. The van der Waals surface area contributed by atoms with Crippen molar-refractivity contribution < 1.29 is 9.53 Å². The molecule has 164 valence electrons. The first-order valence-electron chi connectivity index (χ1n) is 10.0. The molecule has 0 atom stereocenters. The highest BCUT2D eigenvalue weighted by molar-refractivity contribution is 5.92. The van der Waals surface area contributed by atoms with Gasteiger partial charge in [0, 0.05) is 14.1 Å². The first kappa shape index (κ1) is 21.1. The Morgan fingerprint density at radius 2 is 1.84 bits per heavy atom. The quantitative estimate of drug-likeness (QED) is 0.501. The minimum atomic E-state index is -0.610. The van der Waals surface area contributed by atoms with Crippen molar-refractivity contribution >= 4 is 22.8 Å². The summed E-state index contributed by atoms with van der Waals surface area (Å²) in [4.78, 5) is 42.3. The number of rotatable bonds is 6. The number of aryl methyl sites for hydroxylation is 3. The van der Waals surface area contributed by atoms with E-state index >= 15 is 0 Å². The minimum Gasteiger partial charge on any atom is -0.487 e. The van der Waals surface area contributed by atoms with Crippen molar-refractivity contribution in [2.45, 2.75) is 20.1 Å². The Kier molecular flexibility index (Phi) is 5.63. The summed E-state index contributed by atoms with van der Waals surface area (Å²) in [6.07, 6.45) is 1.46. The van der Waals surface area contributed by atoms with E-state index in [4.69, 9.17) is 4.74 Å². The van der Waals surface area contributed by atoms with E-state index in [0.717, 1.165) is 15.7 Å². The van der Waals surface area contributed by atoms with Crippen LogP contribution in [0, 0.1) is 6.92 Å². The van der Waals surface area contributed by atoms with Gasteiger partial charge in [0.25, 0.3) is 5.56 Å². The van der Waals surface area contributed by atoms with E-state index in [2.05, 4.69) is 10.3 Å². The van der Waals surface area contributed by atoms with Crippen LogP contribution in [0.3, 0.4) is 0 Å². The Morgan fingerprint density at radius 3 is 2.59 bits per heavy atom. The lowest BCUT2D eigenvalue weighted by Crippen LogP contribution is -2.42. The van der Waals surface area contributed by atoms with E-state index in [1.807, 2.05) is 49.4 Å². The van der Waals surface area contributed by atoms with E-state index in [-0.39, 0.29) is 11.2 Å². The fraction of sp³-hybridized carbons (Fsp3) is 0.217. The van der Waals surface area contributed by atoms with Crippen LogP contribution >= 0.6 is 0 Å². The summed E-state index contributed by atoms with van der Waals surface area (Å²) in [6.45, 7) is 1.83. The summed E-state index contributed by atoms with van der Waals surface area (Å²) in [7, 11) is 3.18. The monoisotopic (exact) mass is 433 g/mol. The number of nitrogens with one attached hydrogen (secondary N) is 1. The number of imidazole rings is 1. The lowest BCUT2D eigenvalue weighted by atomic mass is 10.2. The van der Waals surface area contributed by atoms with Crippen LogP contribution in [-0.4, -0.2) is 24.6 Å². The standard InChI is InChI=1S/C23H23N5O4/c1-15-9-10-17(18(11-15)32-13-16-7-5-4-6-8-16)25-19(29)12-28-22(30)20-21(24-14-26(20)2)27(3)23(28)31/h4-11,14H,12-13H2,1-3H3,(H,25,29). The molecule has 32 heavy (non-hydrogen) atoms. The van der Waals surface area contributed by atoms with Crippen LogP contribution in [-0.2, 0) is 32.0 Å². The van der Waals surface area contributed by atoms with E-state index in [0.29, 0.717) is 18.0 Å². The highest BCUT2D eigenvalue weighted by atomic mass is 16.5. The van der Waals surface area contributed by atoms with Gasteiger partial charge in [-0.1, -0.05) is 36.4 Å². The summed E-state index contributed by atoms with van der Waals surface area (Å²) >= 11 is 0. The first-order chi connectivity index (χ1) is 15.3. The lowest BCUT2D eigenvalue weighted by Gasteiger charge is -2.14.